The Morgan fingerprint density at radius 3 is 2.37 bits per heavy atom. The van der Waals surface area contributed by atoms with Gasteiger partial charge in [0.15, 0.2) is 6.61 Å². The lowest BCUT2D eigenvalue weighted by atomic mass is 10.3. The molecule has 0 aromatic heterocycles. The first-order chi connectivity index (χ1) is 12.9. The van der Waals surface area contributed by atoms with Gasteiger partial charge in [-0.05, 0) is 37.6 Å². The molecule has 7 nitrogen and oxygen atoms in total. The molecule has 1 aromatic carbocycles. The van der Waals surface area contributed by atoms with Crippen LogP contribution in [0.3, 0.4) is 0 Å². The van der Waals surface area contributed by atoms with Crippen LogP contribution in [0.15, 0.2) is 23.1 Å². The molecule has 2 saturated heterocycles. The van der Waals surface area contributed by atoms with Crippen LogP contribution in [-0.2, 0) is 14.8 Å². The molecular weight excluding hydrogens is 390 g/mol. The molecule has 2 heterocycles. The second kappa shape index (κ2) is 8.77. The zero-order valence-electron chi connectivity index (χ0n) is 15.6. The summed E-state index contributed by atoms with van der Waals surface area (Å²) in [4.78, 5) is 16.5. The number of sulfonamides is 1. The number of hydrogen-bond acceptors (Lipinski definition) is 5. The molecule has 0 radical (unpaired) electrons. The van der Waals surface area contributed by atoms with Crippen LogP contribution >= 0.6 is 11.6 Å². The van der Waals surface area contributed by atoms with Gasteiger partial charge in [-0.1, -0.05) is 18.5 Å². The number of benzene rings is 1. The number of halogens is 1. The van der Waals surface area contributed by atoms with Gasteiger partial charge >= 0.3 is 0 Å². The van der Waals surface area contributed by atoms with E-state index in [-0.39, 0.29) is 22.4 Å². The van der Waals surface area contributed by atoms with Gasteiger partial charge in [-0.25, -0.2) is 8.42 Å². The lowest BCUT2D eigenvalue weighted by molar-refractivity contribution is -0.135. The molecule has 3 rings (SSSR count). The highest BCUT2D eigenvalue weighted by Gasteiger charge is 2.28. The molecule has 0 N–H and O–H groups in total. The van der Waals surface area contributed by atoms with Crippen molar-refractivity contribution in [2.24, 2.45) is 0 Å². The maximum absolute atomic E-state index is 12.6. The van der Waals surface area contributed by atoms with E-state index >= 15 is 0 Å². The Morgan fingerprint density at radius 1 is 1.11 bits per heavy atom. The molecule has 2 aliphatic heterocycles. The summed E-state index contributed by atoms with van der Waals surface area (Å²) in [6.45, 7) is 7.18. The van der Waals surface area contributed by atoms with E-state index in [9.17, 15) is 13.2 Å². The van der Waals surface area contributed by atoms with Gasteiger partial charge in [-0.2, -0.15) is 4.31 Å². The van der Waals surface area contributed by atoms with Gasteiger partial charge in [-0.3, -0.25) is 4.79 Å². The predicted molar refractivity (Wildman–Crippen MR) is 104 cm³/mol. The molecule has 2 aliphatic rings. The number of likely N-dealkylation sites (N-methyl/N-ethyl adjacent to an activating group) is 1. The maximum atomic E-state index is 12.6. The van der Waals surface area contributed by atoms with E-state index in [1.165, 1.54) is 22.5 Å². The smallest absolute Gasteiger partial charge is 0.260 e. The topological polar surface area (TPSA) is 70.2 Å². The van der Waals surface area contributed by atoms with Crippen molar-refractivity contribution >= 4 is 27.5 Å². The van der Waals surface area contributed by atoms with Gasteiger partial charge in [0.05, 0.1) is 9.92 Å². The third-order valence-electron chi connectivity index (χ3n) is 5.13. The molecule has 0 bridgehead atoms. The van der Waals surface area contributed by atoms with Crippen LogP contribution in [0.1, 0.15) is 19.8 Å². The van der Waals surface area contributed by atoms with E-state index in [0.29, 0.717) is 31.9 Å². The van der Waals surface area contributed by atoms with E-state index in [1.54, 1.807) is 4.90 Å². The van der Waals surface area contributed by atoms with Crippen molar-refractivity contribution < 1.29 is 17.9 Å². The minimum absolute atomic E-state index is 0.0874. The monoisotopic (exact) mass is 415 g/mol. The number of hydrogen-bond donors (Lipinski definition) is 0. The van der Waals surface area contributed by atoms with Crippen molar-refractivity contribution in [2.75, 3.05) is 52.4 Å². The summed E-state index contributed by atoms with van der Waals surface area (Å²) in [6.07, 6.45) is 1.76. The number of carbonyl (C=O) groups is 1. The molecule has 27 heavy (non-hydrogen) atoms. The molecule has 0 unspecified atom stereocenters. The summed E-state index contributed by atoms with van der Waals surface area (Å²) in [5.74, 6) is 0.230. The van der Waals surface area contributed by atoms with Crippen molar-refractivity contribution in [1.29, 1.82) is 0 Å². The minimum atomic E-state index is -3.52. The summed E-state index contributed by atoms with van der Waals surface area (Å²) in [7, 11) is -3.52. The van der Waals surface area contributed by atoms with Crippen LogP contribution < -0.4 is 4.74 Å². The van der Waals surface area contributed by atoms with Crippen LogP contribution in [-0.4, -0.2) is 80.9 Å². The Labute approximate surface area is 165 Å². The van der Waals surface area contributed by atoms with Gasteiger partial charge < -0.3 is 14.5 Å². The van der Waals surface area contributed by atoms with Crippen LogP contribution in [0.25, 0.3) is 0 Å². The van der Waals surface area contributed by atoms with Gasteiger partial charge in [0.25, 0.3) is 5.91 Å². The quantitative estimate of drug-likeness (QED) is 0.706. The standard InChI is InChI=1S/C18H26ClN3O4S/c1-2-20-9-11-21(12-10-20)18(23)14-26-17-6-5-15(13-16(17)19)27(24,25)22-7-3-4-8-22/h5-6,13H,2-4,7-12,14H2,1H3. The molecule has 9 heteroatoms. The van der Waals surface area contributed by atoms with E-state index in [2.05, 4.69) is 11.8 Å². The van der Waals surface area contributed by atoms with Gasteiger partial charge in [0.1, 0.15) is 5.75 Å². The Bertz CT molecular complexity index is 773. The first-order valence-corrected chi connectivity index (χ1v) is 11.2. The summed E-state index contributed by atoms with van der Waals surface area (Å²) < 4.78 is 32.2. The van der Waals surface area contributed by atoms with Crippen molar-refractivity contribution in [2.45, 2.75) is 24.7 Å². The first kappa shape index (κ1) is 20.4. The molecule has 1 aromatic rings. The summed E-state index contributed by atoms with van der Waals surface area (Å²) in [5, 5.41) is 0.193. The second-order valence-electron chi connectivity index (χ2n) is 6.81. The lowest BCUT2D eigenvalue weighted by Gasteiger charge is -2.33. The molecule has 0 saturated carbocycles. The normalized spacial score (nSPS) is 19.4. The number of carbonyl (C=O) groups excluding carboxylic acids is 1. The van der Waals surface area contributed by atoms with E-state index in [0.717, 1.165) is 32.5 Å². The van der Waals surface area contributed by atoms with Crippen molar-refractivity contribution in [3.05, 3.63) is 23.2 Å². The van der Waals surface area contributed by atoms with Crippen molar-refractivity contribution in [1.82, 2.24) is 14.1 Å². The average molecular weight is 416 g/mol. The summed E-state index contributed by atoms with van der Waals surface area (Å²) in [5.41, 5.74) is 0. The summed E-state index contributed by atoms with van der Waals surface area (Å²) in [6, 6.07) is 4.40. The maximum Gasteiger partial charge on any atom is 0.260 e. The average Bonchev–Trinajstić information content (AvgIpc) is 3.22. The Hall–Kier alpha value is -1.35. The largest absolute Gasteiger partial charge is 0.482 e. The molecule has 1 amide bonds. The highest BCUT2D eigenvalue weighted by molar-refractivity contribution is 7.89. The van der Waals surface area contributed by atoms with E-state index in [1.807, 2.05) is 0 Å². The summed E-state index contributed by atoms with van der Waals surface area (Å²) >= 11 is 6.21. The van der Waals surface area contributed by atoms with Crippen molar-refractivity contribution in [3.63, 3.8) is 0 Å². The molecular formula is C18H26ClN3O4S. The van der Waals surface area contributed by atoms with Crippen LogP contribution in [0.2, 0.25) is 5.02 Å². The lowest BCUT2D eigenvalue weighted by Crippen LogP contribution is -2.49. The molecule has 150 valence electrons. The van der Waals surface area contributed by atoms with E-state index in [4.69, 9.17) is 16.3 Å². The molecule has 0 spiro atoms. The highest BCUT2D eigenvalue weighted by Crippen LogP contribution is 2.30. The zero-order chi connectivity index (χ0) is 19.4. The van der Waals surface area contributed by atoms with Crippen molar-refractivity contribution in [3.8, 4) is 5.75 Å². The molecule has 2 fully saturated rings. The Morgan fingerprint density at radius 2 is 1.78 bits per heavy atom. The number of amides is 1. The SMILES string of the molecule is CCN1CCN(C(=O)COc2ccc(S(=O)(=O)N3CCCC3)cc2Cl)CC1. The van der Waals surface area contributed by atoms with Gasteiger partial charge in [0.2, 0.25) is 10.0 Å². The fraction of sp³-hybridized carbons (Fsp3) is 0.611. The number of piperazine rings is 1. The minimum Gasteiger partial charge on any atom is -0.482 e. The third kappa shape index (κ3) is 4.74. The second-order valence-corrected chi connectivity index (χ2v) is 9.15. The van der Waals surface area contributed by atoms with Crippen LogP contribution in [0.5, 0.6) is 5.75 Å². The fourth-order valence-corrected chi connectivity index (χ4v) is 5.22. The molecule has 0 atom stereocenters. The van der Waals surface area contributed by atoms with Crippen LogP contribution in [0, 0.1) is 0 Å². The number of rotatable bonds is 6. The highest BCUT2D eigenvalue weighted by atomic mass is 35.5. The van der Waals surface area contributed by atoms with Gasteiger partial charge in [0, 0.05) is 39.3 Å². The zero-order valence-corrected chi connectivity index (χ0v) is 17.1. The first-order valence-electron chi connectivity index (χ1n) is 9.34. The fourth-order valence-electron chi connectivity index (χ4n) is 3.38. The third-order valence-corrected chi connectivity index (χ3v) is 7.32. The Kier molecular flexibility index (Phi) is 6.62. The van der Waals surface area contributed by atoms with E-state index < -0.39 is 10.0 Å². The van der Waals surface area contributed by atoms with Crippen LogP contribution in [0.4, 0.5) is 0 Å². The predicted octanol–water partition coefficient (Wildman–Crippen LogP) is 1.67. The number of nitrogens with zero attached hydrogens (tertiary/aromatic N) is 3. The van der Waals surface area contributed by atoms with Gasteiger partial charge in [-0.15, -0.1) is 0 Å². The molecule has 0 aliphatic carbocycles. The number of ether oxygens (including phenoxy) is 1. The Balaban J connectivity index is 1.59.